The van der Waals surface area contributed by atoms with Crippen LogP contribution in [0.1, 0.15) is 40.1 Å². The monoisotopic (exact) mass is 387 g/mol. The molecule has 0 aromatic heterocycles. The first kappa shape index (κ1) is 20.5. The van der Waals surface area contributed by atoms with Gasteiger partial charge in [0, 0.05) is 16.1 Å². The van der Waals surface area contributed by atoms with Gasteiger partial charge in [0.25, 0.3) is 17.7 Å². The lowest BCUT2D eigenvalue weighted by molar-refractivity contribution is -0.124. The summed E-state index contributed by atoms with van der Waals surface area (Å²) in [5, 5.41) is 3.23. The van der Waals surface area contributed by atoms with Crippen LogP contribution in [-0.2, 0) is 4.79 Å². The van der Waals surface area contributed by atoms with Gasteiger partial charge in [0.2, 0.25) is 0 Å². The number of benzene rings is 2. The first-order chi connectivity index (χ1) is 12.8. The van der Waals surface area contributed by atoms with Crippen molar-refractivity contribution in [2.45, 2.75) is 26.8 Å². The molecule has 27 heavy (non-hydrogen) atoms. The minimum absolute atomic E-state index is 0.176. The molecule has 1 atom stereocenters. The summed E-state index contributed by atoms with van der Waals surface area (Å²) in [6.07, 6.45) is 0. The Morgan fingerprint density at radius 3 is 2.11 bits per heavy atom. The average molecular weight is 388 g/mol. The fourth-order valence-electron chi connectivity index (χ4n) is 2.45. The predicted molar refractivity (Wildman–Crippen MR) is 104 cm³/mol. The number of amides is 3. The van der Waals surface area contributed by atoms with E-state index in [-0.39, 0.29) is 11.8 Å². The second kappa shape index (κ2) is 9.19. The zero-order valence-corrected chi connectivity index (χ0v) is 16.1. The van der Waals surface area contributed by atoms with Crippen molar-refractivity contribution in [3.05, 3.63) is 70.2 Å². The molecule has 0 bridgehead atoms. The fraction of sp³-hybridized carbons (Fsp3) is 0.250. The summed E-state index contributed by atoms with van der Waals surface area (Å²) < 4.78 is 0. The predicted octanol–water partition coefficient (Wildman–Crippen LogP) is 2.86. The van der Waals surface area contributed by atoms with Crippen molar-refractivity contribution in [2.75, 3.05) is 0 Å². The number of carbonyl (C=O) groups excluding carboxylic acids is 3. The van der Waals surface area contributed by atoms with E-state index in [9.17, 15) is 14.4 Å². The highest BCUT2D eigenvalue weighted by atomic mass is 35.5. The number of hydrogen-bond donors (Lipinski definition) is 3. The molecular formula is C20H22ClN3O3. The highest BCUT2D eigenvalue weighted by molar-refractivity contribution is 6.30. The van der Waals surface area contributed by atoms with E-state index < -0.39 is 17.9 Å². The van der Waals surface area contributed by atoms with Gasteiger partial charge in [-0.1, -0.05) is 43.6 Å². The van der Waals surface area contributed by atoms with Crippen molar-refractivity contribution in [2.24, 2.45) is 5.92 Å². The van der Waals surface area contributed by atoms with Crippen LogP contribution >= 0.6 is 11.6 Å². The molecule has 0 spiro atoms. The summed E-state index contributed by atoms with van der Waals surface area (Å²) in [6, 6.07) is 12.6. The van der Waals surface area contributed by atoms with Crippen LogP contribution in [-0.4, -0.2) is 23.8 Å². The number of hydrazine groups is 1. The normalized spacial score (nSPS) is 11.6. The van der Waals surface area contributed by atoms with Crippen molar-refractivity contribution >= 4 is 29.3 Å². The molecule has 0 saturated carbocycles. The van der Waals surface area contributed by atoms with E-state index in [0.717, 1.165) is 5.56 Å². The van der Waals surface area contributed by atoms with Crippen LogP contribution in [0.4, 0.5) is 0 Å². The van der Waals surface area contributed by atoms with Gasteiger partial charge in [-0.3, -0.25) is 25.2 Å². The topological polar surface area (TPSA) is 87.3 Å². The Balaban J connectivity index is 2.00. The zero-order chi connectivity index (χ0) is 20.0. The molecule has 3 amide bonds. The maximum Gasteiger partial charge on any atom is 0.269 e. The van der Waals surface area contributed by atoms with Crippen LogP contribution in [0, 0.1) is 12.8 Å². The Morgan fingerprint density at radius 1 is 0.889 bits per heavy atom. The third kappa shape index (κ3) is 5.56. The summed E-state index contributed by atoms with van der Waals surface area (Å²) in [7, 11) is 0. The SMILES string of the molecule is Cc1ccccc1C(=O)NC(C(=O)NNC(=O)c1ccc(Cl)cc1)C(C)C. The van der Waals surface area contributed by atoms with Gasteiger partial charge in [-0.25, -0.2) is 0 Å². The van der Waals surface area contributed by atoms with Crippen molar-refractivity contribution in [1.29, 1.82) is 0 Å². The summed E-state index contributed by atoms with van der Waals surface area (Å²) in [4.78, 5) is 37.0. The van der Waals surface area contributed by atoms with Gasteiger partial charge >= 0.3 is 0 Å². The first-order valence-corrected chi connectivity index (χ1v) is 8.89. The Bertz CT molecular complexity index is 835. The van der Waals surface area contributed by atoms with Gasteiger partial charge in [-0.05, 0) is 48.7 Å². The lowest BCUT2D eigenvalue weighted by Gasteiger charge is -2.22. The van der Waals surface area contributed by atoms with E-state index in [0.29, 0.717) is 16.1 Å². The van der Waals surface area contributed by atoms with Crippen LogP contribution in [0.5, 0.6) is 0 Å². The molecule has 2 aromatic rings. The van der Waals surface area contributed by atoms with Crippen LogP contribution in [0.15, 0.2) is 48.5 Å². The average Bonchev–Trinajstić information content (AvgIpc) is 2.64. The molecule has 2 aromatic carbocycles. The standard InChI is InChI=1S/C20H22ClN3O3/c1-12(2)17(22-19(26)16-7-5-4-6-13(16)3)20(27)24-23-18(25)14-8-10-15(21)11-9-14/h4-12,17H,1-3H3,(H,22,26)(H,23,25)(H,24,27). The minimum Gasteiger partial charge on any atom is -0.340 e. The molecular weight excluding hydrogens is 366 g/mol. The Kier molecular flexibility index (Phi) is 6.96. The number of nitrogens with one attached hydrogen (secondary N) is 3. The maximum atomic E-state index is 12.5. The largest absolute Gasteiger partial charge is 0.340 e. The van der Waals surface area contributed by atoms with Crippen LogP contribution in [0.3, 0.4) is 0 Å². The van der Waals surface area contributed by atoms with E-state index in [1.807, 2.05) is 32.9 Å². The Labute approximate surface area is 163 Å². The molecule has 0 aliphatic carbocycles. The van der Waals surface area contributed by atoms with E-state index in [1.54, 1.807) is 36.4 Å². The minimum atomic E-state index is -0.803. The Hall–Kier alpha value is -2.86. The fourth-order valence-corrected chi connectivity index (χ4v) is 2.58. The number of rotatable bonds is 5. The van der Waals surface area contributed by atoms with Crippen molar-refractivity contribution in [3.8, 4) is 0 Å². The van der Waals surface area contributed by atoms with Crippen LogP contribution in [0.25, 0.3) is 0 Å². The third-order valence-corrected chi connectivity index (χ3v) is 4.28. The van der Waals surface area contributed by atoms with Gasteiger partial charge in [0.05, 0.1) is 0 Å². The van der Waals surface area contributed by atoms with Gasteiger partial charge in [-0.15, -0.1) is 0 Å². The van der Waals surface area contributed by atoms with E-state index in [2.05, 4.69) is 16.2 Å². The van der Waals surface area contributed by atoms with E-state index >= 15 is 0 Å². The van der Waals surface area contributed by atoms with Gasteiger partial charge in [0.15, 0.2) is 0 Å². The second-order valence-electron chi connectivity index (χ2n) is 6.46. The zero-order valence-electron chi connectivity index (χ0n) is 15.4. The van der Waals surface area contributed by atoms with Crippen molar-refractivity contribution in [1.82, 2.24) is 16.2 Å². The smallest absolute Gasteiger partial charge is 0.269 e. The number of carbonyl (C=O) groups is 3. The van der Waals surface area contributed by atoms with Crippen LogP contribution < -0.4 is 16.2 Å². The molecule has 7 heteroatoms. The molecule has 6 nitrogen and oxygen atoms in total. The summed E-state index contributed by atoms with van der Waals surface area (Å²) in [5.41, 5.74) is 6.37. The number of aryl methyl sites for hydroxylation is 1. The number of halogens is 1. The number of hydrogen-bond acceptors (Lipinski definition) is 3. The van der Waals surface area contributed by atoms with Gasteiger partial charge < -0.3 is 5.32 Å². The summed E-state index contributed by atoms with van der Waals surface area (Å²) in [5.74, 6) is -1.50. The van der Waals surface area contributed by atoms with E-state index in [1.165, 1.54) is 0 Å². The molecule has 142 valence electrons. The molecule has 1 unspecified atom stereocenters. The molecule has 0 saturated heterocycles. The molecule has 0 fully saturated rings. The first-order valence-electron chi connectivity index (χ1n) is 8.52. The highest BCUT2D eigenvalue weighted by Crippen LogP contribution is 2.10. The summed E-state index contributed by atoms with van der Waals surface area (Å²) >= 11 is 5.79. The lowest BCUT2D eigenvalue weighted by atomic mass is 10.0. The molecule has 0 aliphatic heterocycles. The second-order valence-corrected chi connectivity index (χ2v) is 6.90. The van der Waals surface area contributed by atoms with E-state index in [4.69, 9.17) is 11.6 Å². The molecule has 2 rings (SSSR count). The van der Waals surface area contributed by atoms with Gasteiger partial charge in [0.1, 0.15) is 6.04 Å². The Morgan fingerprint density at radius 2 is 1.52 bits per heavy atom. The van der Waals surface area contributed by atoms with Gasteiger partial charge in [-0.2, -0.15) is 0 Å². The molecule has 0 aliphatic rings. The van der Waals surface area contributed by atoms with Crippen molar-refractivity contribution < 1.29 is 14.4 Å². The maximum absolute atomic E-state index is 12.5. The highest BCUT2D eigenvalue weighted by Gasteiger charge is 2.25. The summed E-state index contributed by atoms with van der Waals surface area (Å²) in [6.45, 7) is 5.44. The van der Waals surface area contributed by atoms with Crippen molar-refractivity contribution in [3.63, 3.8) is 0 Å². The quantitative estimate of drug-likeness (QED) is 0.689. The molecule has 3 N–H and O–H groups in total. The third-order valence-electron chi connectivity index (χ3n) is 4.03. The molecule has 0 radical (unpaired) electrons. The van der Waals surface area contributed by atoms with Crippen LogP contribution in [0.2, 0.25) is 5.02 Å². The lowest BCUT2D eigenvalue weighted by Crippen LogP contribution is -2.54. The molecule has 0 heterocycles.